The Labute approximate surface area is 129 Å². The molecule has 0 N–H and O–H groups in total. The molecule has 0 aliphatic heterocycles. The van der Waals surface area contributed by atoms with Gasteiger partial charge in [0.05, 0.1) is 19.6 Å². The first-order valence-electron chi connectivity index (χ1n) is 6.19. The molecule has 0 aliphatic rings. The van der Waals surface area contributed by atoms with Crippen LogP contribution in [0.2, 0.25) is 5.02 Å². The molecule has 0 saturated heterocycles. The van der Waals surface area contributed by atoms with Crippen molar-refractivity contribution in [1.29, 1.82) is 0 Å². The lowest BCUT2D eigenvalue weighted by Gasteiger charge is -2.17. The van der Waals surface area contributed by atoms with Gasteiger partial charge in [-0.05, 0) is 42.3 Å². The first kappa shape index (κ1) is 15.0. The summed E-state index contributed by atoms with van der Waals surface area (Å²) in [4.78, 5) is 0. The summed E-state index contributed by atoms with van der Waals surface area (Å²) in [6.07, 6.45) is 0. The van der Waals surface area contributed by atoms with Crippen molar-refractivity contribution in [3.63, 3.8) is 0 Å². The molecule has 0 bridgehead atoms. The summed E-state index contributed by atoms with van der Waals surface area (Å²) < 4.78 is 10.6. The minimum Gasteiger partial charge on any atom is -0.497 e. The average Bonchev–Trinajstić information content (AvgIpc) is 2.48. The van der Waals surface area contributed by atoms with E-state index in [1.165, 1.54) is 0 Å². The minimum atomic E-state index is -0.348. The minimum absolute atomic E-state index is 0.348. The predicted molar refractivity (Wildman–Crippen MR) is 83.4 cm³/mol. The molecule has 0 heterocycles. The van der Waals surface area contributed by atoms with Crippen LogP contribution >= 0.6 is 23.2 Å². The van der Waals surface area contributed by atoms with E-state index in [0.717, 1.165) is 28.2 Å². The maximum atomic E-state index is 6.63. The Kier molecular flexibility index (Phi) is 4.79. The zero-order chi connectivity index (χ0) is 14.7. The van der Waals surface area contributed by atoms with Gasteiger partial charge in [0.2, 0.25) is 0 Å². The van der Waals surface area contributed by atoms with Crippen molar-refractivity contribution >= 4 is 23.2 Å². The lowest BCUT2D eigenvalue weighted by Crippen LogP contribution is -2.00. The Morgan fingerprint density at radius 2 is 1.75 bits per heavy atom. The van der Waals surface area contributed by atoms with Crippen LogP contribution in [0.4, 0.5) is 0 Å². The van der Waals surface area contributed by atoms with Crippen LogP contribution in [0.15, 0.2) is 36.4 Å². The third kappa shape index (κ3) is 2.87. The van der Waals surface area contributed by atoms with E-state index in [2.05, 4.69) is 0 Å². The van der Waals surface area contributed by atoms with E-state index in [1.807, 2.05) is 43.3 Å². The Morgan fingerprint density at radius 1 is 1.00 bits per heavy atom. The molecule has 0 saturated carbocycles. The lowest BCUT2D eigenvalue weighted by atomic mass is 9.99. The molecule has 1 atom stereocenters. The molecule has 0 fully saturated rings. The second-order valence-electron chi connectivity index (χ2n) is 4.42. The average molecular weight is 311 g/mol. The second kappa shape index (κ2) is 6.38. The first-order chi connectivity index (χ1) is 9.58. The van der Waals surface area contributed by atoms with E-state index in [0.29, 0.717) is 5.02 Å². The van der Waals surface area contributed by atoms with Crippen molar-refractivity contribution in [2.24, 2.45) is 0 Å². The van der Waals surface area contributed by atoms with Gasteiger partial charge in [-0.2, -0.15) is 0 Å². The zero-order valence-electron chi connectivity index (χ0n) is 11.6. The van der Waals surface area contributed by atoms with Crippen LogP contribution in [-0.4, -0.2) is 14.2 Å². The summed E-state index contributed by atoms with van der Waals surface area (Å²) in [5.74, 6) is 1.47. The van der Waals surface area contributed by atoms with Gasteiger partial charge in [0, 0.05) is 10.6 Å². The standard InChI is InChI=1S/C16H16Cl2O2/c1-10-12(5-4-6-14(10)17)16(18)13-9-11(19-2)7-8-15(13)20-3/h4-9,16H,1-3H3. The van der Waals surface area contributed by atoms with Gasteiger partial charge in [0.25, 0.3) is 0 Å². The first-order valence-corrected chi connectivity index (χ1v) is 7.01. The fourth-order valence-corrected chi connectivity index (χ4v) is 2.69. The smallest absolute Gasteiger partial charge is 0.124 e. The summed E-state index contributed by atoms with van der Waals surface area (Å²) >= 11 is 12.8. The molecule has 4 heteroatoms. The maximum Gasteiger partial charge on any atom is 0.124 e. The number of methoxy groups -OCH3 is 2. The lowest BCUT2D eigenvalue weighted by molar-refractivity contribution is 0.399. The fourth-order valence-electron chi connectivity index (χ4n) is 2.10. The quantitative estimate of drug-likeness (QED) is 0.740. The molecule has 2 aromatic rings. The fraction of sp³-hybridized carbons (Fsp3) is 0.250. The highest BCUT2D eigenvalue weighted by molar-refractivity contribution is 6.31. The van der Waals surface area contributed by atoms with Crippen molar-refractivity contribution < 1.29 is 9.47 Å². The summed E-state index contributed by atoms with van der Waals surface area (Å²) in [6.45, 7) is 1.96. The monoisotopic (exact) mass is 310 g/mol. The Morgan fingerprint density at radius 3 is 2.40 bits per heavy atom. The van der Waals surface area contributed by atoms with Crippen LogP contribution in [0, 0.1) is 6.92 Å². The molecule has 0 radical (unpaired) electrons. The topological polar surface area (TPSA) is 18.5 Å². The molecule has 0 spiro atoms. The van der Waals surface area contributed by atoms with Crippen molar-refractivity contribution in [3.05, 3.63) is 58.1 Å². The largest absolute Gasteiger partial charge is 0.497 e. The highest BCUT2D eigenvalue weighted by atomic mass is 35.5. The van der Waals surface area contributed by atoms with Gasteiger partial charge in [-0.25, -0.2) is 0 Å². The molecular formula is C16H16Cl2O2. The Hall–Kier alpha value is -1.38. The van der Waals surface area contributed by atoms with E-state index in [9.17, 15) is 0 Å². The van der Waals surface area contributed by atoms with Gasteiger partial charge in [0.15, 0.2) is 0 Å². The SMILES string of the molecule is COc1ccc(OC)c(C(Cl)c2cccc(Cl)c2C)c1. The highest BCUT2D eigenvalue weighted by Crippen LogP contribution is 2.39. The molecule has 2 rings (SSSR count). The molecule has 20 heavy (non-hydrogen) atoms. The second-order valence-corrected chi connectivity index (χ2v) is 5.27. The molecule has 106 valence electrons. The summed E-state index contributed by atoms with van der Waals surface area (Å²) in [5, 5.41) is 0.355. The number of benzene rings is 2. The summed E-state index contributed by atoms with van der Waals surface area (Å²) in [6, 6.07) is 11.3. The van der Waals surface area contributed by atoms with E-state index < -0.39 is 0 Å². The van der Waals surface area contributed by atoms with Gasteiger partial charge >= 0.3 is 0 Å². The van der Waals surface area contributed by atoms with Gasteiger partial charge in [-0.15, -0.1) is 11.6 Å². The summed E-state index contributed by atoms with van der Waals surface area (Å²) in [5.41, 5.74) is 2.80. The van der Waals surface area contributed by atoms with Gasteiger partial charge in [-0.1, -0.05) is 23.7 Å². The van der Waals surface area contributed by atoms with Crippen LogP contribution in [0.5, 0.6) is 11.5 Å². The molecular weight excluding hydrogens is 295 g/mol. The maximum absolute atomic E-state index is 6.63. The van der Waals surface area contributed by atoms with Crippen LogP contribution < -0.4 is 9.47 Å². The van der Waals surface area contributed by atoms with Crippen molar-refractivity contribution in [1.82, 2.24) is 0 Å². The molecule has 2 aromatic carbocycles. The highest BCUT2D eigenvalue weighted by Gasteiger charge is 2.19. The molecule has 0 aliphatic carbocycles. The van der Waals surface area contributed by atoms with Crippen molar-refractivity contribution in [3.8, 4) is 11.5 Å². The van der Waals surface area contributed by atoms with Gasteiger partial charge in [-0.3, -0.25) is 0 Å². The van der Waals surface area contributed by atoms with Crippen LogP contribution in [0.25, 0.3) is 0 Å². The van der Waals surface area contributed by atoms with Crippen molar-refractivity contribution in [2.75, 3.05) is 14.2 Å². The number of alkyl halides is 1. The van der Waals surface area contributed by atoms with E-state index in [4.69, 9.17) is 32.7 Å². The molecule has 0 amide bonds. The van der Waals surface area contributed by atoms with Crippen molar-refractivity contribution in [2.45, 2.75) is 12.3 Å². The van der Waals surface area contributed by atoms with E-state index in [-0.39, 0.29) is 5.38 Å². The van der Waals surface area contributed by atoms with E-state index in [1.54, 1.807) is 14.2 Å². The van der Waals surface area contributed by atoms with Crippen LogP contribution in [0.3, 0.4) is 0 Å². The summed E-state index contributed by atoms with van der Waals surface area (Å²) in [7, 11) is 3.25. The molecule has 2 nitrogen and oxygen atoms in total. The van der Waals surface area contributed by atoms with E-state index >= 15 is 0 Å². The van der Waals surface area contributed by atoms with Crippen LogP contribution in [0.1, 0.15) is 22.1 Å². The van der Waals surface area contributed by atoms with Gasteiger partial charge in [0.1, 0.15) is 11.5 Å². The number of hydrogen-bond acceptors (Lipinski definition) is 2. The zero-order valence-corrected chi connectivity index (χ0v) is 13.1. The molecule has 1 unspecified atom stereocenters. The third-order valence-corrected chi connectivity index (χ3v) is 4.17. The number of hydrogen-bond donors (Lipinski definition) is 0. The normalized spacial score (nSPS) is 12.1. The number of rotatable bonds is 4. The third-order valence-electron chi connectivity index (χ3n) is 3.29. The Balaban J connectivity index is 2.51. The van der Waals surface area contributed by atoms with Gasteiger partial charge < -0.3 is 9.47 Å². The Bertz CT molecular complexity index is 611. The number of halogens is 2. The van der Waals surface area contributed by atoms with Crippen LogP contribution in [-0.2, 0) is 0 Å². The predicted octanol–water partition coefficient (Wildman–Crippen LogP) is 4.99. The number of ether oxygens (including phenoxy) is 2. The molecule has 0 aromatic heterocycles.